The van der Waals surface area contributed by atoms with E-state index >= 15 is 0 Å². The normalized spacial score (nSPS) is 9.18. The maximum absolute atomic E-state index is 9.79. The summed E-state index contributed by atoms with van der Waals surface area (Å²) in [6, 6.07) is 0. The van der Waals surface area contributed by atoms with Crippen molar-refractivity contribution in [2.45, 2.75) is 32.6 Å². The van der Waals surface area contributed by atoms with E-state index in [4.69, 9.17) is 0 Å². The van der Waals surface area contributed by atoms with Gasteiger partial charge in [0.1, 0.15) is 6.29 Å². The number of rotatable bonds is 4. The second kappa shape index (κ2) is 8.97. The molecule has 11 heavy (non-hydrogen) atoms. The standard InChI is InChI=1S/C10H14O/c1-2-3-4-5-6-7-8-9-10-11/h8-10H,2-5H2,1H3/b9-8+. The Labute approximate surface area is 68.5 Å². The van der Waals surface area contributed by atoms with Crippen molar-refractivity contribution >= 4 is 6.29 Å². The molecule has 0 aromatic carbocycles. The Hall–Kier alpha value is -1.03. The van der Waals surface area contributed by atoms with Gasteiger partial charge in [0, 0.05) is 6.42 Å². The van der Waals surface area contributed by atoms with Gasteiger partial charge in [-0.15, -0.1) is 0 Å². The smallest absolute Gasteiger partial charge is 0.143 e. The van der Waals surface area contributed by atoms with Crippen molar-refractivity contribution in [1.29, 1.82) is 0 Å². The molecule has 0 atom stereocenters. The molecule has 0 aliphatic carbocycles. The van der Waals surface area contributed by atoms with Crippen LogP contribution in [-0.4, -0.2) is 6.29 Å². The van der Waals surface area contributed by atoms with Crippen LogP contribution in [0.2, 0.25) is 0 Å². The summed E-state index contributed by atoms with van der Waals surface area (Å²) >= 11 is 0. The lowest BCUT2D eigenvalue weighted by Crippen LogP contribution is -1.70. The zero-order valence-electron chi connectivity index (χ0n) is 6.97. The molecule has 0 aromatic rings. The first-order chi connectivity index (χ1) is 5.41. The van der Waals surface area contributed by atoms with Crippen molar-refractivity contribution in [1.82, 2.24) is 0 Å². The molecule has 0 saturated carbocycles. The Balaban J connectivity index is 3.25. The van der Waals surface area contributed by atoms with E-state index in [1.807, 2.05) is 0 Å². The average Bonchev–Trinajstić information content (AvgIpc) is 2.03. The molecule has 1 nitrogen and oxygen atoms in total. The van der Waals surface area contributed by atoms with Gasteiger partial charge < -0.3 is 0 Å². The molecule has 0 radical (unpaired) electrons. The Kier molecular flexibility index (Phi) is 8.13. The number of allylic oxidation sites excluding steroid dienone is 2. The van der Waals surface area contributed by atoms with Crippen molar-refractivity contribution < 1.29 is 4.79 Å². The Morgan fingerprint density at radius 1 is 1.36 bits per heavy atom. The summed E-state index contributed by atoms with van der Waals surface area (Å²) in [4.78, 5) is 9.79. The van der Waals surface area contributed by atoms with E-state index in [9.17, 15) is 4.79 Å². The van der Waals surface area contributed by atoms with Gasteiger partial charge in [-0.2, -0.15) is 0 Å². The SMILES string of the molecule is CCCCCC#C/C=C/C=O. The highest BCUT2D eigenvalue weighted by atomic mass is 16.1. The lowest BCUT2D eigenvalue weighted by molar-refractivity contribution is -0.104. The van der Waals surface area contributed by atoms with E-state index in [0.29, 0.717) is 0 Å². The molecule has 0 unspecified atom stereocenters. The quantitative estimate of drug-likeness (QED) is 0.260. The number of aldehydes is 1. The monoisotopic (exact) mass is 150 g/mol. The van der Waals surface area contributed by atoms with Crippen LogP contribution in [0.5, 0.6) is 0 Å². The van der Waals surface area contributed by atoms with Crippen molar-refractivity contribution in [2.24, 2.45) is 0 Å². The maximum atomic E-state index is 9.79. The second-order valence-corrected chi connectivity index (χ2v) is 2.27. The fraction of sp³-hybridized carbons (Fsp3) is 0.500. The summed E-state index contributed by atoms with van der Waals surface area (Å²) in [5, 5.41) is 0. The third kappa shape index (κ3) is 8.97. The molecule has 0 rings (SSSR count). The van der Waals surface area contributed by atoms with E-state index in [1.165, 1.54) is 25.3 Å². The van der Waals surface area contributed by atoms with Gasteiger partial charge in [-0.25, -0.2) is 0 Å². The van der Waals surface area contributed by atoms with E-state index in [-0.39, 0.29) is 0 Å². The number of carbonyl (C=O) groups is 1. The predicted octanol–water partition coefficient (Wildman–Crippen LogP) is 2.33. The molecular formula is C10H14O. The Bertz CT molecular complexity index is 169. The highest BCUT2D eigenvalue weighted by Crippen LogP contribution is 1.96. The topological polar surface area (TPSA) is 17.1 Å². The Morgan fingerprint density at radius 2 is 2.18 bits per heavy atom. The lowest BCUT2D eigenvalue weighted by Gasteiger charge is -1.86. The van der Waals surface area contributed by atoms with Crippen LogP contribution in [0.15, 0.2) is 12.2 Å². The first-order valence-electron chi connectivity index (χ1n) is 4.00. The largest absolute Gasteiger partial charge is 0.299 e. The number of hydrogen-bond donors (Lipinski definition) is 0. The summed E-state index contributed by atoms with van der Waals surface area (Å²) in [6.07, 6.45) is 8.31. The fourth-order valence-electron chi connectivity index (χ4n) is 0.682. The van der Waals surface area contributed by atoms with Crippen LogP contribution < -0.4 is 0 Å². The number of hydrogen-bond acceptors (Lipinski definition) is 1. The first-order valence-corrected chi connectivity index (χ1v) is 4.00. The zero-order valence-corrected chi connectivity index (χ0v) is 6.97. The zero-order chi connectivity index (χ0) is 8.36. The molecule has 0 spiro atoms. The van der Waals surface area contributed by atoms with Crippen LogP contribution >= 0.6 is 0 Å². The van der Waals surface area contributed by atoms with Gasteiger partial charge >= 0.3 is 0 Å². The van der Waals surface area contributed by atoms with Crippen LogP contribution in [-0.2, 0) is 4.79 Å². The second-order valence-electron chi connectivity index (χ2n) is 2.27. The van der Waals surface area contributed by atoms with Crippen LogP contribution in [0, 0.1) is 11.8 Å². The fourth-order valence-corrected chi connectivity index (χ4v) is 0.682. The molecule has 0 N–H and O–H groups in total. The summed E-state index contributed by atoms with van der Waals surface area (Å²) in [5.74, 6) is 5.74. The minimum Gasteiger partial charge on any atom is -0.299 e. The predicted molar refractivity (Wildman–Crippen MR) is 47.1 cm³/mol. The lowest BCUT2D eigenvalue weighted by atomic mass is 10.2. The molecule has 0 saturated heterocycles. The third-order valence-electron chi connectivity index (χ3n) is 1.27. The average molecular weight is 150 g/mol. The van der Waals surface area contributed by atoms with Crippen LogP contribution in [0.1, 0.15) is 32.6 Å². The van der Waals surface area contributed by atoms with Gasteiger partial charge in [0.25, 0.3) is 0 Å². The van der Waals surface area contributed by atoms with E-state index in [2.05, 4.69) is 18.8 Å². The summed E-state index contributed by atoms with van der Waals surface area (Å²) in [6.45, 7) is 2.17. The van der Waals surface area contributed by atoms with Gasteiger partial charge in [-0.3, -0.25) is 4.79 Å². The minimum absolute atomic E-state index is 0.737. The summed E-state index contributed by atoms with van der Waals surface area (Å²) in [5.41, 5.74) is 0. The van der Waals surface area contributed by atoms with Gasteiger partial charge in [-0.05, 0) is 18.6 Å². The van der Waals surface area contributed by atoms with Crippen LogP contribution in [0.3, 0.4) is 0 Å². The first kappa shape index (κ1) is 9.97. The third-order valence-corrected chi connectivity index (χ3v) is 1.27. The van der Waals surface area contributed by atoms with E-state index in [0.717, 1.165) is 12.7 Å². The van der Waals surface area contributed by atoms with E-state index in [1.54, 1.807) is 6.08 Å². The molecule has 0 bridgehead atoms. The molecule has 0 aromatic heterocycles. The van der Waals surface area contributed by atoms with Crippen molar-refractivity contribution in [3.8, 4) is 11.8 Å². The molecule has 0 amide bonds. The van der Waals surface area contributed by atoms with Crippen molar-refractivity contribution in [2.75, 3.05) is 0 Å². The molecular weight excluding hydrogens is 136 g/mol. The number of carbonyl (C=O) groups excluding carboxylic acids is 1. The minimum atomic E-state index is 0.737. The molecule has 1 heteroatoms. The molecule has 0 aliphatic rings. The van der Waals surface area contributed by atoms with Gasteiger partial charge in [-0.1, -0.05) is 31.6 Å². The molecule has 0 aliphatic heterocycles. The van der Waals surface area contributed by atoms with Crippen LogP contribution in [0.25, 0.3) is 0 Å². The molecule has 0 heterocycles. The van der Waals surface area contributed by atoms with Gasteiger partial charge in [0.05, 0.1) is 0 Å². The van der Waals surface area contributed by atoms with Gasteiger partial charge in [0.15, 0.2) is 0 Å². The summed E-state index contributed by atoms with van der Waals surface area (Å²) < 4.78 is 0. The van der Waals surface area contributed by atoms with Crippen molar-refractivity contribution in [3.63, 3.8) is 0 Å². The number of unbranched alkanes of at least 4 members (excludes halogenated alkanes) is 3. The van der Waals surface area contributed by atoms with Crippen molar-refractivity contribution in [3.05, 3.63) is 12.2 Å². The summed E-state index contributed by atoms with van der Waals surface area (Å²) in [7, 11) is 0. The van der Waals surface area contributed by atoms with Crippen LogP contribution in [0.4, 0.5) is 0 Å². The highest BCUT2D eigenvalue weighted by molar-refractivity contribution is 5.65. The molecule has 60 valence electrons. The highest BCUT2D eigenvalue weighted by Gasteiger charge is 1.78. The molecule has 0 fully saturated rings. The maximum Gasteiger partial charge on any atom is 0.143 e. The van der Waals surface area contributed by atoms with Gasteiger partial charge in [0.2, 0.25) is 0 Å². The van der Waals surface area contributed by atoms with E-state index < -0.39 is 0 Å². The Morgan fingerprint density at radius 3 is 2.82 bits per heavy atom.